The van der Waals surface area contributed by atoms with E-state index < -0.39 is 35.3 Å². The number of rotatable bonds is 8. The number of amides is 3. The predicted octanol–water partition coefficient (Wildman–Crippen LogP) is -0.700. The normalized spacial score (nSPS) is 20.6. The van der Waals surface area contributed by atoms with Crippen molar-refractivity contribution >= 4 is 57.8 Å². The maximum Gasteiger partial charge on any atom is 0.404 e. The molecule has 31 heavy (non-hydrogen) atoms. The van der Waals surface area contributed by atoms with Crippen molar-refractivity contribution in [3.05, 3.63) is 22.3 Å². The minimum Gasteiger partial charge on any atom is -0.477 e. The van der Waals surface area contributed by atoms with Crippen LogP contribution in [0.2, 0.25) is 0 Å². The number of carbonyl (C=O) groups excluding carboxylic acids is 3. The first-order chi connectivity index (χ1) is 14.7. The van der Waals surface area contributed by atoms with Gasteiger partial charge >= 0.3 is 12.1 Å². The van der Waals surface area contributed by atoms with Crippen molar-refractivity contribution in [2.45, 2.75) is 18.3 Å². The molecule has 3 amide bonds. The number of fused-ring (bicyclic) bond motifs is 1. The molecular formula is C16H18N6O7S2. The van der Waals surface area contributed by atoms with Gasteiger partial charge < -0.3 is 31.5 Å². The summed E-state index contributed by atoms with van der Waals surface area (Å²) in [6.07, 6.45) is -1.06. The summed E-state index contributed by atoms with van der Waals surface area (Å²) in [7, 11) is 0. The molecule has 1 aromatic heterocycles. The molecular weight excluding hydrogens is 452 g/mol. The smallest absolute Gasteiger partial charge is 0.404 e. The van der Waals surface area contributed by atoms with Gasteiger partial charge in [0, 0.05) is 16.7 Å². The average molecular weight is 470 g/mol. The highest BCUT2D eigenvalue weighted by Crippen LogP contribution is 2.40. The molecule has 2 aliphatic rings. The Morgan fingerprint density at radius 2 is 2.19 bits per heavy atom. The molecule has 6 N–H and O–H groups in total. The van der Waals surface area contributed by atoms with Gasteiger partial charge in [-0.25, -0.2) is 14.6 Å². The van der Waals surface area contributed by atoms with E-state index >= 15 is 0 Å². The van der Waals surface area contributed by atoms with Crippen LogP contribution >= 0.6 is 23.1 Å². The maximum absolute atomic E-state index is 12.8. The van der Waals surface area contributed by atoms with Crippen LogP contribution in [0.3, 0.4) is 0 Å². The van der Waals surface area contributed by atoms with E-state index in [0.29, 0.717) is 0 Å². The molecule has 15 heteroatoms. The summed E-state index contributed by atoms with van der Waals surface area (Å²) >= 11 is 2.32. The lowest BCUT2D eigenvalue weighted by molar-refractivity contribution is -0.150. The fraction of sp³-hybridized carbons (Fsp3) is 0.375. The Balaban J connectivity index is 1.78. The van der Waals surface area contributed by atoms with Crippen molar-refractivity contribution in [2.75, 3.05) is 24.7 Å². The number of hydrogen-bond donors (Lipinski definition) is 4. The Bertz CT molecular complexity index is 991. The molecule has 3 heterocycles. The van der Waals surface area contributed by atoms with E-state index in [0.717, 1.165) is 16.2 Å². The number of nitrogen functional groups attached to an aromatic ring is 1. The van der Waals surface area contributed by atoms with Crippen LogP contribution in [0.15, 0.2) is 21.8 Å². The van der Waals surface area contributed by atoms with E-state index in [9.17, 15) is 24.3 Å². The minimum atomic E-state index is -1.36. The second-order valence-electron chi connectivity index (χ2n) is 6.15. The number of carboxylic acid groups (broad SMARTS) is 1. The molecule has 2 aliphatic heterocycles. The van der Waals surface area contributed by atoms with Gasteiger partial charge in [0.05, 0.1) is 0 Å². The fourth-order valence-electron chi connectivity index (χ4n) is 2.89. The van der Waals surface area contributed by atoms with Crippen molar-refractivity contribution in [1.29, 1.82) is 0 Å². The predicted molar refractivity (Wildman–Crippen MR) is 110 cm³/mol. The van der Waals surface area contributed by atoms with Crippen molar-refractivity contribution in [3.63, 3.8) is 0 Å². The molecule has 2 atom stereocenters. The number of hydrogen-bond acceptors (Lipinski definition) is 11. The fourth-order valence-corrected chi connectivity index (χ4v) is 4.77. The average Bonchev–Trinajstić information content (AvgIpc) is 3.15. The Kier molecular flexibility index (Phi) is 6.65. The highest BCUT2D eigenvalue weighted by atomic mass is 32.2. The number of nitrogens with one attached hydrogen (secondary N) is 1. The molecule has 0 aromatic carbocycles. The number of thioether (sulfide) groups is 1. The van der Waals surface area contributed by atoms with Crippen LogP contribution in [-0.4, -0.2) is 75.0 Å². The van der Waals surface area contributed by atoms with Crippen molar-refractivity contribution in [3.8, 4) is 0 Å². The summed E-state index contributed by atoms with van der Waals surface area (Å²) in [4.78, 5) is 58.0. The molecule has 0 saturated carbocycles. The number of carbonyl (C=O) groups is 4. The van der Waals surface area contributed by atoms with Crippen LogP contribution in [0.25, 0.3) is 0 Å². The number of β-lactam (4-membered cyclic amide) rings is 1. The zero-order valence-electron chi connectivity index (χ0n) is 16.1. The summed E-state index contributed by atoms with van der Waals surface area (Å²) in [6.45, 7) is 1.53. The summed E-state index contributed by atoms with van der Waals surface area (Å²) in [5.74, 6) is -2.55. The largest absolute Gasteiger partial charge is 0.477 e. The number of ether oxygens (including phenoxy) is 1. The maximum atomic E-state index is 12.8. The van der Waals surface area contributed by atoms with Crippen molar-refractivity contribution in [2.24, 2.45) is 10.9 Å². The van der Waals surface area contributed by atoms with E-state index in [1.54, 1.807) is 6.92 Å². The van der Waals surface area contributed by atoms with Gasteiger partial charge in [0.15, 0.2) is 10.8 Å². The molecule has 1 aromatic rings. The van der Waals surface area contributed by atoms with Crippen LogP contribution in [-0.2, 0) is 24.0 Å². The quantitative estimate of drug-likeness (QED) is 0.214. The number of primary amides is 1. The molecule has 1 unspecified atom stereocenters. The first-order valence-electron chi connectivity index (χ1n) is 8.79. The van der Waals surface area contributed by atoms with Crippen molar-refractivity contribution in [1.82, 2.24) is 15.2 Å². The summed E-state index contributed by atoms with van der Waals surface area (Å²) < 4.78 is 4.67. The van der Waals surface area contributed by atoms with Crippen LogP contribution in [0.1, 0.15) is 12.6 Å². The number of oxime groups is 1. The van der Waals surface area contributed by atoms with Crippen LogP contribution in [0.4, 0.5) is 9.93 Å². The first kappa shape index (κ1) is 22.4. The van der Waals surface area contributed by atoms with Gasteiger partial charge in [-0.3, -0.25) is 14.5 Å². The van der Waals surface area contributed by atoms with Gasteiger partial charge in [0.2, 0.25) is 0 Å². The number of carboxylic acids is 1. The van der Waals surface area contributed by atoms with Crippen LogP contribution < -0.4 is 16.8 Å². The minimum absolute atomic E-state index is 0.161. The van der Waals surface area contributed by atoms with Gasteiger partial charge in [-0.05, 0) is 6.92 Å². The van der Waals surface area contributed by atoms with Crippen LogP contribution in [0.5, 0.6) is 0 Å². The Morgan fingerprint density at radius 3 is 2.77 bits per heavy atom. The monoisotopic (exact) mass is 470 g/mol. The lowest BCUT2D eigenvalue weighted by Crippen LogP contribution is -2.71. The third kappa shape index (κ3) is 4.56. The lowest BCUT2D eigenvalue weighted by Gasteiger charge is -2.49. The zero-order valence-corrected chi connectivity index (χ0v) is 17.7. The number of nitrogens with two attached hydrogens (primary N) is 2. The highest BCUT2D eigenvalue weighted by molar-refractivity contribution is 8.00. The molecule has 0 bridgehead atoms. The van der Waals surface area contributed by atoms with E-state index in [-0.39, 0.29) is 46.8 Å². The van der Waals surface area contributed by atoms with Gasteiger partial charge in [-0.15, -0.1) is 23.1 Å². The zero-order chi connectivity index (χ0) is 22.7. The lowest BCUT2D eigenvalue weighted by atomic mass is 10.0. The molecule has 166 valence electrons. The number of aliphatic carboxylic acids is 1. The van der Waals surface area contributed by atoms with E-state index in [1.165, 1.54) is 17.1 Å². The Morgan fingerprint density at radius 1 is 1.45 bits per heavy atom. The van der Waals surface area contributed by atoms with Gasteiger partial charge in [0.1, 0.15) is 36.0 Å². The van der Waals surface area contributed by atoms with E-state index in [4.69, 9.17) is 16.3 Å². The standard InChI is InChI=1S/C16H18N6O7S2/c1-2-29-21-8(7-5-31-15(17)19-7)11(23)20-9-12(24)22-10(14(25)26)6(3-28-16(18)27)4-30-13(9)22/h5,9,13H,2-4H2,1H3,(H2,17,19)(H2,18,27)(H,20,23)(H,25,26)/t9?,13-/m0/s1. The molecule has 1 fully saturated rings. The molecule has 1 saturated heterocycles. The third-order valence-corrected chi connectivity index (χ3v) is 6.20. The van der Waals surface area contributed by atoms with E-state index in [1.807, 2.05) is 0 Å². The van der Waals surface area contributed by atoms with Gasteiger partial charge in [-0.2, -0.15) is 0 Å². The number of aromatic nitrogens is 1. The number of thiazole rings is 1. The van der Waals surface area contributed by atoms with Gasteiger partial charge in [-0.1, -0.05) is 5.16 Å². The number of nitrogens with zero attached hydrogens (tertiary/aromatic N) is 3. The Hall–Kier alpha value is -3.33. The Labute approximate surface area is 183 Å². The van der Waals surface area contributed by atoms with Crippen LogP contribution in [0, 0.1) is 0 Å². The summed E-state index contributed by atoms with van der Waals surface area (Å²) in [6, 6.07) is -0.992. The number of anilines is 1. The first-order valence-corrected chi connectivity index (χ1v) is 10.7. The summed E-state index contributed by atoms with van der Waals surface area (Å²) in [5.41, 5.74) is 10.5. The molecule has 0 spiro atoms. The molecule has 0 aliphatic carbocycles. The summed E-state index contributed by atoms with van der Waals surface area (Å²) in [5, 5.41) is 16.9. The van der Waals surface area contributed by atoms with Crippen molar-refractivity contribution < 1.29 is 33.9 Å². The van der Waals surface area contributed by atoms with Gasteiger partial charge in [0.25, 0.3) is 11.8 Å². The topological polar surface area (TPSA) is 200 Å². The SMILES string of the molecule is CCON=C(C(=O)NC1C(=O)N2C(C(=O)O)=C(COC(N)=O)CS[C@@H]12)c1csc(N)n1. The van der Waals surface area contributed by atoms with E-state index in [2.05, 4.69) is 20.2 Å². The second-order valence-corrected chi connectivity index (χ2v) is 8.15. The molecule has 3 rings (SSSR count). The third-order valence-electron chi connectivity index (χ3n) is 4.19. The highest BCUT2D eigenvalue weighted by Gasteiger charge is 2.54. The molecule has 13 nitrogen and oxygen atoms in total. The second kappa shape index (κ2) is 9.22. The molecule has 0 radical (unpaired) electrons.